The predicted octanol–water partition coefficient (Wildman–Crippen LogP) is 6.26. The number of rotatable bonds is 39. The van der Waals surface area contributed by atoms with Crippen molar-refractivity contribution in [3.05, 3.63) is 56.8 Å². The summed E-state index contributed by atoms with van der Waals surface area (Å²) in [4.78, 5) is 77.4. The smallest absolute Gasteiger partial charge is 0.223 e. The van der Waals surface area contributed by atoms with Gasteiger partial charge in [0, 0.05) is 86.2 Å². The number of guanidine groups is 2. The SMILES string of the molecule is COc1c(OCC(=O)CC(CCCN=C(N)N)C(=O)NCCCCCNC(C)C)cc2oc3cc(OCC(=O)CC(CCCN=C(N)N)C(=O)NCCCCCNC(C)C)c(CC=C(C)C)c(O)c3c(=O)c2c1CC=C(C)C. The largest absolute Gasteiger partial charge is 0.507 e. The fourth-order valence-corrected chi connectivity index (χ4v) is 8.74. The van der Waals surface area contributed by atoms with Crippen molar-refractivity contribution in [3.63, 3.8) is 0 Å². The Labute approximate surface area is 461 Å². The summed E-state index contributed by atoms with van der Waals surface area (Å²) < 4.78 is 24.8. The molecule has 20 heteroatoms. The maximum Gasteiger partial charge on any atom is 0.223 e. The Balaban J connectivity index is 2.00. The highest BCUT2D eigenvalue weighted by molar-refractivity contribution is 5.98. The van der Waals surface area contributed by atoms with Crippen LogP contribution in [-0.2, 0) is 32.0 Å². The molecule has 0 fully saturated rings. The molecule has 0 aliphatic carbocycles. The number of ether oxygens (including phenoxy) is 3. The highest BCUT2D eigenvalue weighted by atomic mass is 16.5. The zero-order chi connectivity index (χ0) is 57.7. The fourth-order valence-electron chi connectivity index (χ4n) is 8.74. The number of allylic oxidation sites excluding steroid dienone is 4. The van der Waals surface area contributed by atoms with Crippen LogP contribution in [-0.4, -0.2) is 112 Å². The van der Waals surface area contributed by atoms with E-state index in [0.29, 0.717) is 69.5 Å². The van der Waals surface area contributed by atoms with Crippen molar-refractivity contribution in [1.82, 2.24) is 21.3 Å². The van der Waals surface area contributed by atoms with Crippen LogP contribution in [0.4, 0.5) is 0 Å². The van der Waals surface area contributed by atoms with Crippen LogP contribution in [0.3, 0.4) is 0 Å². The Kier molecular flexibility index (Phi) is 29.4. The molecule has 0 saturated heterocycles. The molecule has 0 aliphatic heterocycles. The van der Waals surface area contributed by atoms with Gasteiger partial charge in [-0.3, -0.25) is 34.0 Å². The molecule has 0 bridgehead atoms. The molecule has 20 nitrogen and oxygen atoms in total. The highest BCUT2D eigenvalue weighted by Crippen LogP contribution is 2.42. The number of carbonyl (C=O) groups is 4. The van der Waals surface area contributed by atoms with Gasteiger partial charge in [0.1, 0.15) is 41.3 Å². The third kappa shape index (κ3) is 23.5. The van der Waals surface area contributed by atoms with E-state index in [9.17, 15) is 29.1 Å². The monoisotopic (exact) mass is 1090 g/mol. The lowest BCUT2D eigenvalue weighted by atomic mass is 9.96. The van der Waals surface area contributed by atoms with Crippen molar-refractivity contribution in [2.75, 3.05) is 59.6 Å². The van der Waals surface area contributed by atoms with E-state index in [0.717, 1.165) is 62.8 Å². The van der Waals surface area contributed by atoms with Gasteiger partial charge < -0.3 is 67.9 Å². The van der Waals surface area contributed by atoms with Gasteiger partial charge in [0.15, 0.2) is 35.0 Å². The summed E-state index contributed by atoms with van der Waals surface area (Å²) in [5, 5.41) is 24.8. The van der Waals surface area contributed by atoms with Crippen molar-refractivity contribution >= 4 is 57.2 Å². The first-order valence-corrected chi connectivity index (χ1v) is 27.7. The van der Waals surface area contributed by atoms with E-state index in [1.807, 2.05) is 39.8 Å². The van der Waals surface area contributed by atoms with Crippen molar-refractivity contribution in [2.24, 2.45) is 44.8 Å². The number of benzene rings is 2. The minimum absolute atomic E-state index is 0.0347. The Morgan fingerprint density at radius 2 is 1.06 bits per heavy atom. The van der Waals surface area contributed by atoms with E-state index in [1.54, 1.807) is 0 Å². The van der Waals surface area contributed by atoms with Gasteiger partial charge in [0.2, 0.25) is 17.2 Å². The number of methoxy groups -OCH3 is 1. The van der Waals surface area contributed by atoms with Gasteiger partial charge in [0.25, 0.3) is 0 Å². The van der Waals surface area contributed by atoms with E-state index >= 15 is 0 Å². The average Bonchev–Trinajstić information content (AvgIpc) is 3.38. The molecule has 13 N–H and O–H groups in total. The lowest BCUT2D eigenvalue weighted by Crippen LogP contribution is -2.34. The van der Waals surface area contributed by atoms with Crippen LogP contribution in [0.5, 0.6) is 23.0 Å². The molecule has 0 saturated carbocycles. The maximum atomic E-state index is 14.9. The van der Waals surface area contributed by atoms with Crippen LogP contribution in [0, 0.1) is 11.8 Å². The summed E-state index contributed by atoms with van der Waals surface area (Å²) in [6.07, 6.45) is 10.9. The number of hydrogen-bond donors (Lipinski definition) is 9. The number of amides is 2. The van der Waals surface area contributed by atoms with Gasteiger partial charge in [-0.2, -0.15) is 0 Å². The number of aliphatic imine (C=N–C) groups is 2. The van der Waals surface area contributed by atoms with Crippen molar-refractivity contribution in [1.29, 1.82) is 0 Å². The molecule has 0 spiro atoms. The standard InChI is InChI=1S/C58H92N10O10/c1-36(2)20-22-44-46(76-34-42(69)30-40(18-16-28-67-57(59)60)55(73)65-26-14-10-12-24-63-38(5)6)32-48-51(52(44)71)53(72)50-45(23-21-37(3)4)54(75-9)49(33-47(50)78-48)77-35-43(70)31-41(19-17-29-68-58(61)62)56(74)66-27-15-11-13-25-64-39(7)8/h20-21,32-33,38-41,63-64,71H,10-19,22-31,34-35H2,1-9H3,(H,65,73)(H,66,74)(H4,59,60,67)(H4,61,62,68). The summed E-state index contributed by atoms with van der Waals surface area (Å²) in [5.74, 6) is -2.66. The number of nitrogens with zero attached hydrogens (tertiary/aromatic N) is 2. The van der Waals surface area contributed by atoms with Crippen LogP contribution in [0.15, 0.2) is 54.6 Å². The maximum absolute atomic E-state index is 14.9. The molecule has 0 aliphatic rings. The minimum atomic E-state index is -0.674. The van der Waals surface area contributed by atoms with Crippen molar-refractivity contribution in [3.8, 4) is 23.0 Å². The molecular formula is C58H92N10O10. The molecule has 2 amide bonds. The minimum Gasteiger partial charge on any atom is -0.507 e. The summed E-state index contributed by atoms with van der Waals surface area (Å²) in [7, 11) is 1.43. The van der Waals surface area contributed by atoms with E-state index in [-0.39, 0.29) is 111 Å². The van der Waals surface area contributed by atoms with Gasteiger partial charge in [0.05, 0.1) is 12.5 Å². The number of fused-ring (bicyclic) bond motifs is 2. The van der Waals surface area contributed by atoms with Crippen LogP contribution < -0.4 is 63.8 Å². The van der Waals surface area contributed by atoms with Crippen LogP contribution in [0.25, 0.3) is 21.9 Å². The molecule has 3 aromatic rings. The molecule has 78 heavy (non-hydrogen) atoms. The first-order chi connectivity index (χ1) is 37.1. The number of Topliss-reactive ketones (excluding diaryl/α,β-unsaturated/α-hetero) is 2. The number of aromatic hydroxyl groups is 1. The highest BCUT2D eigenvalue weighted by Gasteiger charge is 2.28. The molecule has 2 unspecified atom stereocenters. The van der Waals surface area contributed by atoms with E-state index < -0.39 is 30.5 Å². The molecular weight excluding hydrogens is 997 g/mol. The quantitative estimate of drug-likeness (QED) is 0.0100. The predicted molar refractivity (Wildman–Crippen MR) is 312 cm³/mol. The zero-order valence-corrected chi connectivity index (χ0v) is 48.0. The Morgan fingerprint density at radius 1 is 0.628 bits per heavy atom. The molecule has 1 heterocycles. The summed E-state index contributed by atoms with van der Waals surface area (Å²) in [6, 6.07) is 3.74. The van der Waals surface area contributed by atoms with Crippen LogP contribution in [0.1, 0.15) is 144 Å². The molecule has 0 radical (unpaired) electrons. The number of carbonyl (C=O) groups excluding carboxylic acids is 4. The number of phenolic OH excluding ortho intramolecular Hbond substituents is 1. The van der Waals surface area contributed by atoms with Gasteiger partial charge in [-0.05, 0) is 105 Å². The Hall–Kier alpha value is -6.67. The molecule has 2 aromatic carbocycles. The third-order valence-corrected chi connectivity index (χ3v) is 12.8. The zero-order valence-electron chi connectivity index (χ0n) is 48.0. The Bertz CT molecular complexity index is 2610. The number of phenols is 1. The number of hydrogen-bond acceptors (Lipinski definition) is 14. The van der Waals surface area contributed by atoms with E-state index in [2.05, 4.69) is 58.9 Å². The van der Waals surface area contributed by atoms with Crippen molar-refractivity contribution < 1.29 is 42.9 Å². The van der Waals surface area contributed by atoms with Gasteiger partial charge in [-0.1, -0.05) is 63.8 Å². The average molecular weight is 1090 g/mol. The second-order valence-corrected chi connectivity index (χ2v) is 21.0. The number of ketones is 2. The molecule has 3 rings (SSSR count). The molecule has 1 aromatic heterocycles. The number of nitrogens with two attached hydrogens (primary N) is 4. The van der Waals surface area contributed by atoms with E-state index in [1.165, 1.54) is 19.2 Å². The second kappa shape index (κ2) is 35.0. The first kappa shape index (κ1) is 65.6. The first-order valence-electron chi connectivity index (χ1n) is 27.7. The lowest BCUT2D eigenvalue weighted by Gasteiger charge is -2.19. The van der Waals surface area contributed by atoms with E-state index in [4.69, 9.17) is 41.6 Å². The summed E-state index contributed by atoms with van der Waals surface area (Å²) >= 11 is 0. The van der Waals surface area contributed by atoms with Gasteiger partial charge >= 0.3 is 0 Å². The molecule has 434 valence electrons. The summed E-state index contributed by atoms with van der Waals surface area (Å²) in [5.41, 5.74) is 24.1. The third-order valence-electron chi connectivity index (χ3n) is 12.8. The fraction of sp³-hybridized carbons (Fsp3) is 0.603. The normalized spacial score (nSPS) is 12.0. The number of nitrogens with one attached hydrogen (secondary N) is 4. The topological polar surface area (TPSA) is 323 Å². The van der Waals surface area contributed by atoms with Crippen LogP contribution >= 0.6 is 0 Å². The van der Waals surface area contributed by atoms with Crippen molar-refractivity contribution in [2.45, 2.75) is 157 Å². The summed E-state index contributed by atoms with van der Waals surface area (Å²) in [6.45, 7) is 18.4. The van der Waals surface area contributed by atoms with Gasteiger partial charge in [-0.15, -0.1) is 0 Å². The Morgan fingerprint density at radius 3 is 1.51 bits per heavy atom. The van der Waals surface area contributed by atoms with Crippen LogP contribution in [0.2, 0.25) is 0 Å². The lowest BCUT2D eigenvalue weighted by molar-refractivity contribution is -0.130. The van der Waals surface area contributed by atoms with Gasteiger partial charge in [-0.25, -0.2) is 0 Å². The molecule has 2 atom stereocenters. The number of unbranched alkanes of at least 4 members (excludes halogenated alkanes) is 4. The second-order valence-electron chi connectivity index (χ2n) is 21.0.